The molecule has 0 nitrogen and oxygen atoms in total. The molecule has 0 aliphatic rings. The molecule has 0 amide bonds. The van der Waals surface area contributed by atoms with Gasteiger partial charge in [0.25, 0.3) is 0 Å². The third-order valence-corrected chi connectivity index (χ3v) is 2.80. The highest BCUT2D eigenvalue weighted by molar-refractivity contribution is 7.98. The number of rotatable bonds is 4. The molecule has 13 heavy (non-hydrogen) atoms. The standard InChI is InChI=1S/C11H14S2/c1-13-11-8-3-2-6-10(11)7-4-5-9-12/h2-4,6-8,12H,5,9H2,1H3. The zero-order valence-electron chi connectivity index (χ0n) is 7.73. The van der Waals surface area contributed by atoms with E-state index in [1.54, 1.807) is 11.8 Å². The molecule has 0 aliphatic carbocycles. The van der Waals surface area contributed by atoms with Crippen molar-refractivity contribution in [3.8, 4) is 0 Å². The second-order valence-electron chi connectivity index (χ2n) is 2.66. The number of benzene rings is 1. The quantitative estimate of drug-likeness (QED) is 0.583. The Balaban J connectivity index is 2.74. The van der Waals surface area contributed by atoms with Crippen molar-refractivity contribution in [2.45, 2.75) is 11.3 Å². The lowest BCUT2D eigenvalue weighted by Gasteiger charge is -2.00. The van der Waals surface area contributed by atoms with Gasteiger partial charge in [-0.2, -0.15) is 12.6 Å². The number of hydrogen-bond donors (Lipinski definition) is 1. The van der Waals surface area contributed by atoms with Crippen LogP contribution in [0.3, 0.4) is 0 Å². The van der Waals surface area contributed by atoms with E-state index in [1.165, 1.54) is 10.5 Å². The van der Waals surface area contributed by atoms with Crippen molar-refractivity contribution < 1.29 is 0 Å². The van der Waals surface area contributed by atoms with Crippen LogP contribution in [0.1, 0.15) is 12.0 Å². The van der Waals surface area contributed by atoms with Gasteiger partial charge in [0.2, 0.25) is 0 Å². The van der Waals surface area contributed by atoms with Crippen LogP contribution >= 0.6 is 24.4 Å². The van der Waals surface area contributed by atoms with Crippen molar-refractivity contribution in [1.82, 2.24) is 0 Å². The van der Waals surface area contributed by atoms with Gasteiger partial charge < -0.3 is 0 Å². The topological polar surface area (TPSA) is 0 Å². The molecule has 0 N–H and O–H groups in total. The highest BCUT2D eigenvalue weighted by Crippen LogP contribution is 2.20. The Kier molecular flexibility index (Phi) is 5.09. The molecule has 0 atom stereocenters. The molecule has 0 fully saturated rings. The number of thiol groups is 1. The molecule has 0 radical (unpaired) electrons. The lowest BCUT2D eigenvalue weighted by atomic mass is 10.2. The summed E-state index contributed by atoms with van der Waals surface area (Å²) in [5.41, 5.74) is 1.30. The highest BCUT2D eigenvalue weighted by atomic mass is 32.2. The van der Waals surface area contributed by atoms with Crippen LogP contribution in [0.15, 0.2) is 35.2 Å². The SMILES string of the molecule is CSc1ccccc1C=CCCS. The second-order valence-corrected chi connectivity index (χ2v) is 3.95. The van der Waals surface area contributed by atoms with Gasteiger partial charge in [0.05, 0.1) is 0 Å². The van der Waals surface area contributed by atoms with E-state index < -0.39 is 0 Å². The maximum atomic E-state index is 4.16. The van der Waals surface area contributed by atoms with Gasteiger partial charge in [0, 0.05) is 4.90 Å². The molecule has 0 aromatic heterocycles. The molecule has 0 saturated carbocycles. The van der Waals surface area contributed by atoms with Gasteiger partial charge in [-0.25, -0.2) is 0 Å². The fourth-order valence-electron chi connectivity index (χ4n) is 1.09. The third-order valence-electron chi connectivity index (χ3n) is 1.73. The Morgan fingerprint density at radius 1 is 1.38 bits per heavy atom. The number of thioether (sulfide) groups is 1. The van der Waals surface area contributed by atoms with Crippen LogP contribution in [0, 0.1) is 0 Å². The largest absolute Gasteiger partial charge is 0.179 e. The minimum Gasteiger partial charge on any atom is -0.179 e. The maximum Gasteiger partial charge on any atom is 0.0141 e. The fourth-order valence-corrected chi connectivity index (χ4v) is 1.82. The van der Waals surface area contributed by atoms with Crippen LogP contribution in [-0.4, -0.2) is 12.0 Å². The first kappa shape index (κ1) is 10.7. The molecule has 2 heteroatoms. The van der Waals surface area contributed by atoms with Crippen molar-refractivity contribution in [2.24, 2.45) is 0 Å². The van der Waals surface area contributed by atoms with Crippen molar-refractivity contribution in [3.63, 3.8) is 0 Å². The molecule has 70 valence electrons. The fraction of sp³-hybridized carbons (Fsp3) is 0.273. The zero-order valence-corrected chi connectivity index (χ0v) is 9.44. The summed E-state index contributed by atoms with van der Waals surface area (Å²) in [5, 5.41) is 0. The molecular formula is C11H14S2. The molecule has 0 spiro atoms. The van der Waals surface area contributed by atoms with Gasteiger partial charge in [0.1, 0.15) is 0 Å². The summed E-state index contributed by atoms with van der Waals surface area (Å²) >= 11 is 5.94. The summed E-state index contributed by atoms with van der Waals surface area (Å²) in [5.74, 6) is 0.915. The average Bonchev–Trinajstić information content (AvgIpc) is 2.19. The van der Waals surface area contributed by atoms with E-state index in [1.807, 2.05) is 0 Å². The third kappa shape index (κ3) is 3.49. The highest BCUT2D eigenvalue weighted by Gasteiger charge is 1.94. The van der Waals surface area contributed by atoms with Crippen molar-refractivity contribution >= 4 is 30.5 Å². The number of allylic oxidation sites excluding steroid dienone is 1. The summed E-state index contributed by atoms with van der Waals surface area (Å²) in [6.07, 6.45) is 7.47. The molecular weight excluding hydrogens is 196 g/mol. The lowest BCUT2D eigenvalue weighted by Crippen LogP contribution is -1.77. The summed E-state index contributed by atoms with van der Waals surface area (Å²) in [6, 6.07) is 8.42. The van der Waals surface area contributed by atoms with Crippen LogP contribution in [-0.2, 0) is 0 Å². The predicted molar refractivity (Wildman–Crippen MR) is 65.7 cm³/mol. The molecule has 0 unspecified atom stereocenters. The van der Waals surface area contributed by atoms with E-state index in [0.717, 1.165) is 12.2 Å². The van der Waals surface area contributed by atoms with Crippen LogP contribution in [0.2, 0.25) is 0 Å². The first-order valence-electron chi connectivity index (χ1n) is 4.29. The molecule has 1 aromatic rings. The first-order valence-corrected chi connectivity index (χ1v) is 6.14. The van der Waals surface area contributed by atoms with Gasteiger partial charge in [0.15, 0.2) is 0 Å². The molecule has 0 heterocycles. The van der Waals surface area contributed by atoms with Crippen molar-refractivity contribution in [1.29, 1.82) is 0 Å². The summed E-state index contributed by atoms with van der Waals surface area (Å²) in [4.78, 5) is 1.33. The van der Waals surface area contributed by atoms with E-state index in [0.29, 0.717) is 0 Å². The van der Waals surface area contributed by atoms with Crippen LogP contribution < -0.4 is 0 Å². The van der Waals surface area contributed by atoms with Gasteiger partial charge in [-0.3, -0.25) is 0 Å². The Labute approximate surface area is 89.8 Å². The average molecular weight is 210 g/mol. The molecule has 0 bridgehead atoms. The molecule has 0 aliphatic heterocycles. The van der Waals surface area contributed by atoms with Gasteiger partial charge in [-0.05, 0) is 30.1 Å². The van der Waals surface area contributed by atoms with Gasteiger partial charge in [-0.1, -0.05) is 30.4 Å². The van der Waals surface area contributed by atoms with E-state index in [9.17, 15) is 0 Å². The van der Waals surface area contributed by atoms with Crippen molar-refractivity contribution in [3.05, 3.63) is 35.9 Å². The normalized spacial score (nSPS) is 10.9. The van der Waals surface area contributed by atoms with Crippen LogP contribution in [0.25, 0.3) is 6.08 Å². The Morgan fingerprint density at radius 2 is 2.15 bits per heavy atom. The van der Waals surface area contributed by atoms with E-state index in [-0.39, 0.29) is 0 Å². The summed E-state index contributed by atoms with van der Waals surface area (Å²) < 4.78 is 0. The number of hydrogen-bond acceptors (Lipinski definition) is 2. The predicted octanol–water partition coefficient (Wildman–Crippen LogP) is 3.74. The van der Waals surface area contributed by atoms with Gasteiger partial charge in [-0.15, -0.1) is 11.8 Å². The first-order chi connectivity index (χ1) is 6.38. The Bertz CT molecular complexity index is 279. The summed E-state index contributed by atoms with van der Waals surface area (Å²) in [6.45, 7) is 0. The van der Waals surface area contributed by atoms with E-state index in [2.05, 4.69) is 55.3 Å². The van der Waals surface area contributed by atoms with E-state index in [4.69, 9.17) is 0 Å². The zero-order chi connectivity index (χ0) is 9.52. The second kappa shape index (κ2) is 6.17. The molecule has 1 aromatic carbocycles. The Hall–Kier alpha value is -0.340. The van der Waals surface area contributed by atoms with Crippen molar-refractivity contribution in [2.75, 3.05) is 12.0 Å². The summed E-state index contributed by atoms with van der Waals surface area (Å²) in [7, 11) is 0. The Morgan fingerprint density at radius 3 is 2.85 bits per heavy atom. The van der Waals surface area contributed by atoms with Crippen LogP contribution in [0.4, 0.5) is 0 Å². The minimum absolute atomic E-state index is 0.915. The van der Waals surface area contributed by atoms with Crippen LogP contribution in [0.5, 0.6) is 0 Å². The smallest absolute Gasteiger partial charge is 0.0141 e. The maximum absolute atomic E-state index is 4.16. The van der Waals surface area contributed by atoms with Gasteiger partial charge >= 0.3 is 0 Å². The molecule has 0 saturated heterocycles. The molecule has 1 rings (SSSR count). The minimum atomic E-state index is 0.915. The lowest BCUT2D eigenvalue weighted by molar-refractivity contribution is 1.26. The monoisotopic (exact) mass is 210 g/mol. The van der Waals surface area contributed by atoms with E-state index >= 15 is 0 Å².